The molecule has 0 radical (unpaired) electrons. The summed E-state index contributed by atoms with van der Waals surface area (Å²) in [4.78, 5) is 11.1. The fraction of sp³-hybridized carbons (Fsp3) is 0.769. The van der Waals surface area contributed by atoms with Crippen molar-refractivity contribution < 1.29 is 14.3 Å². The number of halogens is 1. The van der Waals surface area contributed by atoms with Crippen LogP contribution in [0.15, 0.2) is 12.2 Å². The van der Waals surface area contributed by atoms with Crippen LogP contribution in [0, 0.1) is 0 Å². The number of esters is 1. The Bertz CT molecular complexity index is 278. The quantitative estimate of drug-likeness (QED) is 0.339. The minimum Gasteiger partial charge on any atom is -0.466 e. The predicted molar refractivity (Wildman–Crippen MR) is 71.3 cm³/mol. The molecule has 98 valence electrons. The van der Waals surface area contributed by atoms with E-state index in [2.05, 4.69) is 22.5 Å². The Morgan fingerprint density at radius 3 is 2.76 bits per heavy atom. The van der Waals surface area contributed by atoms with Crippen molar-refractivity contribution in [1.29, 1.82) is 0 Å². The molecule has 1 saturated heterocycles. The van der Waals surface area contributed by atoms with Crippen molar-refractivity contribution in [2.45, 2.75) is 56.6 Å². The Morgan fingerprint density at radius 1 is 1.47 bits per heavy atom. The molecule has 0 aromatic carbocycles. The van der Waals surface area contributed by atoms with Crippen LogP contribution in [0.3, 0.4) is 0 Å². The van der Waals surface area contributed by atoms with Gasteiger partial charge >= 0.3 is 5.97 Å². The highest BCUT2D eigenvalue weighted by Crippen LogP contribution is 2.30. The van der Waals surface area contributed by atoms with Crippen molar-refractivity contribution in [2.24, 2.45) is 0 Å². The zero-order chi connectivity index (χ0) is 12.8. The Morgan fingerprint density at radius 2 is 2.18 bits per heavy atom. The van der Waals surface area contributed by atoms with Crippen LogP contribution >= 0.6 is 15.9 Å². The van der Waals surface area contributed by atoms with E-state index in [9.17, 15) is 4.79 Å². The van der Waals surface area contributed by atoms with E-state index in [-0.39, 0.29) is 18.2 Å². The Kier molecular flexibility index (Phi) is 6.20. The second kappa shape index (κ2) is 7.17. The van der Waals surface area contributed by atoms with Gasteiger partial charge in [0.25, 0.3) is 0 Å². The largest absolute Gasteiger partial charge is 0.466 e. The zero-order valence-corrected chi connectivity index (χ0v) is 12.2. The summed E-state index contributed by atoms with van der Waals surface area (Å²) in [5.74, 6) is -0.215. The number of rotatable bonds is 5. The number of alkyl halides is 1. The molecule has 0 aromatic rings. The normalized spacial score (nSPS) is 28.8. The minimum absolute atomic E-state index is 0.159. The Labute approximate surface area is 112 Å². The van der Waals surface area contributed by atoms with Crippen molar-refractivity contribution in [3.63, 3.8) is 0 Å². The molecule has 1 aliphatic rings. The van der Waals surface area contributed by atoms with Gasteiger partial charge in [0.05, 0.1) is 18.8 Å². The molecule has 0 spiro atoms. The molecule has 0 aromatic heterocycles. The van der Waals surface area contributed by atoms with E-state index in [1.54, 1.807) is 0 Å². The van der Waals surface area contributed by atoms with Gasteiger partial charge in [-0.1, -0.05) is 28.1 Å². The van der Waals surface area contributed by atoms with Gasteiger partial charge < -0.3 is 9.47 Å². The van der Waals surface area contributed by atoms with Crippen molar-refractivity contribution in [1.82, 2.24) is 0 Å². The van der Waals surface area contributed by atoms with E-state index in [1.165, 1.54) is 6.92 Å². The van der Waals surface area contributed by atoms with Gasteiger partial charge in [0, 0.05) is 11.8 Å². The lowest BCUT2D eigenvalue weighted by Gasteiger charge is -2.33. The van der Waals surface area contributed by atoms with Crippen LogP contribution in [0.25, 0.3) is 0 Å². The van der Waals surface area contributed by atoms with Crippen molar-refractivity contribution >= 4 is 21.9 Å². The van der Waals surface area contributed by atoms with Crippen LogP contribution in [-0.2, 0) is 14.3 Å². The van der Waals surface area contributed by atoms with E-state index >= 15 is 0 Å². The molecular weight excluding hydrogens is 284 g/mol. The van der Waals surface area contributed by atoms with Crippen LogP contribution in [-0.4, -0.2) is 29.6 Å². The molecule has 4 heteroatoms. The van der Waals surface area contributed by atoms with Gasteiger partial charge in [-0.3, -0.25) is 4.79 Å². The lowest BCUT2D eigenvalue weighted by Crippen LogP contribution is -2.33. The molecule has 0 saturated carbocycles. The highest BCUT2D eigenvalue weighted by atomic mass is 79.9. The molecule has 1 fully saturated rings. The summed E-state index contributed by atoms with van der Waals surface area (Å²) in [6, 6.07) is 0. The molecule has 0 aliphatic carbocycles. The maximum Gasteiger partial charge on any atom is 0.302 e. The summed E-state index contributed by atoms with van der Waals surface area (Å²) < 4.78 is 10.9. The fourth-order valence-corrected chi connectivity index (χ4v) is 2.74. The third-order valence-electron chi connectivity index (χ3n) is 2.87. The average Bonchev–Trinajstić information content (AvgIpc) is 2.23. The molecule has 3 atom stereocenters. The molecule has 0 amide bonds. The van der Waals surface area contributed by atoms with Gasteiger partial charge in [-0.15, -0.1) is 0 Å². The summed E-state index contributed by atoms with van der Waals surface area (Å²) in [6.45, 7) is 7.88. The van der Waals surface area contributed by atoms with E-state index in [0.29, 0.717) is 11.4 Å². The Balaban J connectivity index is 2.27. The fourth-order valence-electron chi connectivity index (χ4n) is 1.99. The van der Waals surface area contributed by atoms with E-state index in [1.807, 2.05) is 6.92 Å². The van der Waals surface area contributed by atoms with E-state index < -0.39 is 0 Å². The molecule has 3 nitrogen and oxygen atoms in total. The lowest BCUT2D eigenvalue weighted by molar-refractivity contribution is -0.141. The van der Waals surface area contributed by atoms with Crippen LogP contribution < -0.4 is 0 Å². The summed E-state index contributed by atoms with van der Waals surface area (Å²) in [5, 5.41) is 0. The molecular formula is C13H21BrO3. The first kappa shape index (κ1) is 14.7. The molecule has 1 heterocycles. The summed E-state index contributed by atoms with van der Waals surface area (Å²) in [6.07, 6.45) is 4.20. The molecule has 17 heavy (non-hydrogen) atoms. The van der Waals surface area contributed by atoms with Crippen molar-refractivity contribution in [3.8, 4) is 0 Å². The van der Waals surface area contributed by atoms with Gasteiger partial charge in [0.1, 0.15) is 0 Å². The molecule has 1 aliphatic heterocycles. The maximum atomic E-state index is 10.6. The first-order valence-electron chi connectivity index (χ1n) is 6.07. The second-order valence-electron chi connectivity index (χ2n) is 4.64. The van der Waals surface area contributed by atoms with Crippen LogP contribution in [0.4, 0.5) is 0 Å². The predicted octanol–water partition coefficient (Wildman–Crippen LogP) is 3.22. The van der Waals surface area contributed by atoms with Gasteiger partial charge in [-0.25, -0.2) is 0 Å². The topological polar surface area (TPSA) is 35.5 Å². The summed E-state index contributed by atoms with van der Waals surface area (Å²) in [7, 11) is 0. The van der Waals surface area contributed by atoms with Crippen molar-refractivity contribution in [2.75, 3.05) is 6.61 Å². The van der Waals surface area contributed by atoms with Crippen LogP contribution in [0.1, 0.15) is 39.5 Å². The standard InChI is InChI=1S/C13H21BrO3/c1-9(2)13-8-11(14)7-12(17-13)5-4-6-16-10(3)15/h11-13H,1,4-8H2,2-3H3/t11-,12+,13+/m0/s1. The molecule has 0 unspecified atom stereocenters. The molecule has 0 bridgehead atoms. The lowest BCUT2D eigenvalue weighted by atomic mass is 9.98. The highest BCUT2D eigenvalue weighted by Gasteiger charge is 2.28. The van der Waals surface area contributed by atoms with Gasteiger partial charge in [0.15, 0.2) is 0 Å². The number of carbonyl (C=O) groups excluding carboxylic acids is 1. The smallest absolute Gasteiger partial charge is 0.302 e. The van der Waals surface area contributed by atoms with Gasteiger partial charge in [-0.2, -0.15) is 0 Å². The minimum atomic E-state index is -0.215. The maximum absolute atomic E-state index is 10.6. The third-order valence-corrected chi connectivity index (χ3v) is 3.62. The Hall–Kier alpha value is -0.350. The number of hydrogen-bond donors (Lipinski definition) is 0. The number of ether oxygens (including phenoxy) is 2. The molecule has 1 rings (SSSR count). The average molecular weight is 305 g/mol. The zero-order valence-electron chi connectivity index (χ0n) is 10.6. The van der Waals surface area contributed by atoms with Crippen LogP contribution in [0.2, 0.25) is 0 Å². The monoisotopic (exact) mass is 304 g/mol. The summed E-state index contributed by atoms with van der Waals surface area (Å²) in [5.41, 5.74) is 1.08. The van der Waals surface area contributed by atoms with Gasteiger partial charge in [0.2, 0.25) is 0 Å². The summed E-state index contributed by atoms with van der Waals surface area (Å²) >= 11 is 3.66. The number of hydrogen-bond acceptors (Lipinski definition) is 3. The first-order chi connectivity index (χ1) is 7.99. The molecule has 0 N–H and O–H groups in total. The van der Waals surface area contributed by atoms with E-state index in [0.717, 1.165) is 31.3 Å². The van der Waals surface area contributed by atoms with Crippen molar-refractivity contribution in [3.05, 3.63) is 12.2 Å². The third kappa shape index (κ3) is 5.68. The SMILES string of the molecule is C=C(C)[C@H]1C[C@@H](Br)C[C@@H](CCCOC(C)=O)O1. The highest BCUT2D eigenvalue weighted by molar-refractivity contribution is 9.09. The van der Waals surface area contributed by atoms with Gasteiger partial charge in [-0.05, 0) is 32.6 Å². The van der Waals surface area contributed by atoms with E-state index in [4.69, 9.17) is 9.47 Å². The second-order valence-corrected chi connectivity index (χ2v) is 5.94. The number of carbonyl (C=O) groups is 1. The first-order valence-corrected chi connectivity index (χ1v) is 6.99. The van der Waals surface area contributed by atoms with Crippen LogP contribution in [0.5, 0.6) is 0 Å².